The Hall–Kier alpha value is -1.49. The van der Waals surface area contributed by atoms with Crippen LogP contribution < -0.4 is 5.32 Å². The molecular formula is C15H19F2NO2. The van der Waals surface area contributed by atoms with Gasteiger partial charge in [-0.15, -0.1) is 0 Å². The molecule has 0 heterocycles. The second kappa shape index (κ2) is 5.87. The van der Waals surface area contributed by atoms with Gasteiger partial charge in [0.25, 0.3) is 0 Å². The van der Waals surface area contributed by atoms with Crippen molar-refractivity contribution < 1.29 is 18.3 Å². The van der Waals surface area contributed by atoms with Crippen molar-refractivity contribution in [3.8, 4) is 0 Å². The van der Waals surface area contributed by atoms with Gasteiger partial charge in [0.15, 0.2) is 0 Å². The SMILES string of the molecule is CCOC(=O)C(C)(NCC1CC1)c1c(F)cccc1F. The van der Waals surface area contributed by atoms with Crippen LogP contribution in [0.2, 0.25) is 0 Å². The monoisotopic (exact) mass is 283 g/mol. The molecule has 1 aromatic carbocycles. The van der Waals surface area contributed by atoms with E-state index in [0.29, 0.717) is 12.5 Å². The lowest BCUT2D eigenvalue weighted by Crippen LogP contribution is -2.49. The van der Waals surface area contributed by atoms with Crippen LogP contribution in [-0.4, -0.2) is 19.1 Å². The first-order chi connectivity index (χ1) is 9.49. The number of benzene rings is 1. The van der Waals surface area contributed by atoms with Crippen molar-refractivity contribution >= 4 is 5.97 Å². The molecular weight excluding hydrogens is 264 g/mol. The zero-order chi connectivity index (χ0) is 14.8. The van der Waals surface area contributed by atoms with Crippen molar-refractivity contribution in [3.05, 3.63) is 35.4 Å². The molecule has 1 aliphatic carbocycles. The van der Waals surface area contributed by atoms with E-state index in [4.69, 9.17) is 4.74 Å². The minimum atomic E-state index is -1.51. The smallest absolute Gasteiger partial charge is 0.330 e. The highest BCUT2D eigenvalue weighted by atomic mass is 19.1. The molecule has 1 N–H and O–H groups in total. The zero-order valence-corrected chi connectivity index (χ0v) is 11.7. The zero-order valence-electron chi connectivity index (χ0n) is 11.7. The molecule has 0 saturated heterocycles. The first-order valence-electron chi connectivity index (χ1n) is 6.85. The number of rotatable bonds is 6. The van der Waals surface area contributed by atoms with E-state index in [1.807, 2.05) is 0 Å². The Kier molecular flexibility index (Phi) is 4.38. The molecule has 110 valence electrons. The van der Waals surface area contributed by atoms with Crippen LogP contribution in [0, 0.1) is 17.6 Å². The number of hydrogen-bond acceptors (Lipinski definition) is 3. The molecule has 2 rings (SSSR count). The van der Waals surface area contributed by atoms with Gasteiger partial charge in [-0.05, 0) is 51.3 Å². The summed E-state index contributed by atoms with van der Waals surface area (Å²) >= 11 is 0. The minimum Gasteiger partial charge on any atom is -0.464 e. The fourth-order valence-corrected chi connectivity index (χ4v) is 2.18. The average Bonchev–Trinajstić information content (AvgIpc) is 3.20. The van der Waals surface area contributed by atoms with E-state index in [1.165, 1.54) is 13.0 Å². The van der Waals surface area contributed by atoms with Crippen molar-refractivity contribution in [3.63, 3.8) is 0 Å². The number of esters is 1. The number of halogens is 2. The highest BCUT2D eigenvalue weighted by Crippen LogP contribution is 2.32. The van der Waals surface area contributed by atoms with Gasteiger partial charge in [0.1, 0.15) is 17.2 Å². The molecule has 1 aliphatic rings. The van der Waals surface area contributed by atoms with Crippen LogP contribution in [0.3, 0.4) is 0 Å². The Balaban J connectivity index is 2.35. The summed E-state index contributed by atoms with van der Waals surface area (Å²) in [4.78, 5) is 12.2. The standard InChI is InChI=1S/C15H19F2NO2/c1-3-20-14(19)15(2,18-9-10-7-8-10)13-11(16)5-4-6-12(13)17/h4-6,10,18H,3,7-9H2,1-2H3. The molecule has 0 bridgehead atoms. The third-order valence-corrected chi connectivity index (χ3v) is 3.59. The van der Waals surface area contributed by atoms with Gasteiger partial charge >= 0.3 is 5.97 Å². The Morgan fingerprint density at radius 2 is 2.00 bits per heavy atom. The van der Waals surface area contributed by atoms with Crippen molar-refractivity contribution in [2.75, 3.05) is 13.2 Å². The molecule has 1 saturated carbocycles. The van der Waals surface area contributed by atoms with Crippen molar-refractivity contribution in [2.45, 2.75) is 32.2 Å². The van der Waals surface area contributed by atoms with Crippen LogP contribution in [0.4, 0.5) is 8.78 Å². The van der Waals surface area contributed by atoms with Gasteiger partial charge in [-0.1, -0.05) is 6.07 Å². The predicted molar refractivity (Wildman–Crippen MR) is 71.1 cm³/mol. The van der Waals surface area contributed by atoms with Crippen LogP contribution in [-0.2, 0) is 15.1 Å². The second-order valence-corrected chi connectivity index (χ2v) is 5.27. The summed E-state index contributed by atoms with van der Waals surface area (Å²) in [6.07, 6.45) is 2.15. The summed E-state index contributed by atoms with van der Waals surface area (Å²) in [5.74, 6) is -1.68. The maximum atomic E-state index is 14.0. The summed E-state index contributed by atoms with van der Waals surface area (Å²) in [6, 6.07) is 3.57. The van der Waals surface area contributed by atoms with Gasteiger partial charge in [-0.2, -0.15) is 0 Å². The van der Waals surface area contributed by atoms with E-state index in [0.717, 1.165) is 25.0 Å². The lowest BCUT2D eigenvalue weighted by atomic mass is 9.90. The topological polar surface area (TPSA) is 38.3 Å². The molecule has 1 unspecified atom stereocenters. The molecule has 20 heavy (non-hydrogen) atoms. The lowest BCUT2D eigenvalue weighted by Gasteiger charge is -2.29. The molecule has 0 radical (unpaired) electrons. The van der Waals surface area contributed by atoms with Gasteiger partial charge in [0, 0.05) is 0 Å². The maximum absolute atomic E-state index is 14.0. The Labute approximate surface area is 117 Å². The van der Waals surface area contributed by atoms with E-state index < -0.39 is 23.1 Å². The number of carbonyl (C=O) groups is 1. The molecule has 1 atom stereocenters. The van der Waals surface area contributed by atoms with Crippen LogP contribution in [0.1, 0.15) is 32.3 Å². The minimum absolute atomic E-state index is 0.162. The summed E-state index contributed by atoms with van der Waals surface area (Å²) in [7, 11) is 0. The number of ether oxygens (including phenoxy) is 1. The fourth-order valence-electron chi connectivity index (χ4n) is 2.18. The van der Waals surface area contributed by atoms with E-state index in [-0.39, 0.29) is 12.2 Å². The van der Waals surface area contributed by atoms with Crippen molar-refractivity contribution in [1.82, 2.24) is 5.32 Å². The van der Waals surface area contributed by atoms with Crippen molar-refractivity contribution in [2.24, 2.45) is 5.92 Å². The van der Waals surface area contributed by atoms with E-state index >= 15 is 0 Å². The van der Waals surface area contributed by atoms with Crippen molar-refractivity contribution in [1.29, 1.82) is 0 Å². The van der Waals surface area contributed by atoms with E-state index in [1.54, 1.807) is 6.92 Å². The Bertz CT molecular complexity index is 482. The Morgan fingerprint density at radius 1 is 1.40 bits per heavy atom. The van der Waals surface area contributed by atoms with Crippen LogP contribution in [0.15, 0.2) is 18.2 Å². The molecule has 1 aromatic rings. The predicted octanol–water partition coefficient (Wildman–Crippen LogP) is 2.74. The number of nitrogens with one attached hydrogen (secondary N) is 1. The lowest BCUT2D eigenvalue weighted by molar-refractivity contribution is -0.151. The second-order valence-electron chi connectivity index (χ2n) is 5.27. The molecule has 3 nitrogen and oxygen atoms in total. The summed E-state index contributed by atoms with van der Waals surface area (Å²) in [5, 5.41) is 2.99. The van der Waals surface area contributed by atoms with Crippen LogP contribution in [0.25, 0.3) is 0 Å². The van der Waals surface area contributed by atoms with E-state index in [2.05, 4.69) is 5.32 Å². The van der Waals surface area contributed by atoms with Gasteiger partial charge in [0.05, 0.1) is 12.2 Å². The normalized spacial score (nSPS) is 17.6. The Morgan fingerprint density at radius 3 is 2.50 bits per heavy atom. The first kappa shape index (κ1) is 14.9. The summed E-state index contributed by atoms with van der Waals surface area (Å²) in [6.45, 7) is 3.84. The largest absolute Gasteiger partial charge is 0.464 e. The number of hydrogen-bond donors (Lipinski definition) is 1. The highest BCUT2D eigenvalue weighted by Gasteiger charge is 2.42. The molecule has 0 amide bonds. The molecule has 1 fully saturated rings. The highest BCUT2D eigenvalue weighted by molar-refractivity contribution is 5.82. The summed E-state index contributed by atoms with van der Waals surface area (Å²) < 4.78 is 33.0. The van der Waals surface area contributed by atoms with Gasteiger partial charge in [-0.3, -0.25) is 5.32 Å². The third kappa shape index (κ3) is 2.98. The van der Waals surface area contributed by atoms with Gasteiger partial charge in [0.2, 0.25) is 0 Å². The molecule has 0 spiro atoms. The first-order valence-corrected chi connectivity index (χ1v) is 6.85. The van der Waals surface area contributed by atoms with Gasteiger partial charge in [-0.25, -0.2) is 13.6 Å². The third-order valence-electron chi connectivity index (χ3n) is 3.59. The van der Waals surface area contributed by atoms with E-state index in [9.17, 15) is 13.6 Å². The fraction of sp³-hybridized carbons (Fsp3) is 0.533. The maximum Gasteiger partial charge on any atom is 0.330 e. The van der Waals surface area contributed by atoms with Gasteiger partial charge < -0.3 is 4.74 Å². The molecule has 5 heteroatoms. The quantitative estimate of drug-likeness (QED) is 0.816. The average molecular weight is 283 g/mol. The molecule has 0 aromatic heterocycles. The number of carbonyl (C=O) groups excluding carboxylic acids is 1. The molecule has 0 aliphatic heterocycles. The summed E-state index contributed by atoms with van der Waals surface area (Å²) in [5.41, 5.74) is -1.78. The van der Waals surface area contributed by atoms with Crippen LogP contribution >= 0.6 is 0 Å². The van der Waals surface area contributed by atoms with Crippen LogP contribution in [0.5, 0.6) is 0 Å².